The minimum absolute atomic E-state index is 0.164. The molecule has 1 aliphatic heterocycles. The molecule has 1 fully saturated rings. The van der Waals surface area contributed by atoms with Crippen LogP contribution in [0.5, 0.6) is 0 Å². The third-order valence-corrected chi connectivity index (χ3v) is 4.95. The van der Waals surface area contributed by atoms with Gasteiger partial charge in [0.2, 0.25) is 0 Å². The van der Waals surface area contributed by atoms with E-state index in [-0.39, 0.29) is 5.91 Å². The molecule has 6 heteroatoms. The van der Waals surface area contributed by atoms with Crippen molar-refractivity contribution < 1.29 is 9.32 Å². The van der Waals surface area contributed by atoms with E-state index in [0.717, 1.165) is 54.6 Å². The van der Waals surface area contributed by atoms with Crippen molar-refractivity contribution >= 4 is 17.2 Å². The van der Waals surface area contributed by atoms with E-state index < -0.39 is 0 Å². The first kappa shape index (κ1) is 15.2. The fourth-order valence-corrected chi connectivity index (χ4v) is 3.75. The van der Waals surface area contributed by atoms with Gasteiger partial charge in [0, 0.05) is 42.0 Å². The minimum Gasteiger partial charge on any atom is -0.360 e. The summed E-state index contributed by atoms with van der Waals surface area (Å²) in [5.74, 6) is 1.05. The average Bonchev–Trinajstić information content (AvgIpc) is 3.04. The van der Waals surface area contributed by atoms with Crippen molar-refractivity contribution in [2.45, 2.75) is 27.3 Å². The van der Waals surface area contributed by atoms with Gasteiger partial charge in [0.05, 0.1) is 17.8 Å². The monoisotopic (exact) mass is 319 g/mol. The molecule has 3 rings (SSSR count). The molecule has 1 saturated heterocycles. The Bertz CT molecular complexity index is 669. The minimum atomic E-state index is 0.164. The van der Waals surface area contributed by atoms with E-state index in [1.807, 2.05) is 37.8 Å². The summed E-state index contributed by atoms with van der Waals surface area (Å²) in [5, 5.41) is 3.91. The lowest BCUT2D eigenvalue weighted by molar-refractivity contribution is 0.0617. The summed E-state index contributed by atoms with van der Waals surface area (Å²) in [6.45, 7) is 10.0. The SMILES string of the molecule is Cc1cc(CN2CCN(C(=O)c3cc(C)sc3C)CC2)on1. The first-order valence-corrected chi connectivity index (χ1v) is 8.35. The highest BCUT2D eigenvalue weighted by Gasteiger charge is 2.24. The van der Waals surface area contributed by atoms with E-state index in [1.165, 1.54) is 4.88 Å². The van der Waals surface area contributed by atoms with Crippen molar-refractivity contribution in [2.75, 3.05) is 26.2 Å². The number of nitrogens with zero attached hydrogens (tertiary/aromatic N) is 3. The molecule has 0 radical (unpaired) electrons. The highest BCUT2D eigenvalue weighted by molar-refractivity contribution is 7.12. The van der Waals surface area contributed by atoms with Gasteiger partial charge in [0.15, 0.2) is 5.76 Å². The number of thiophene rings is 1. The molecule has 1 amide bonds. The van der Waals surface area contributed by atoms with Gasteiger partial charge in [-0.3, -0.25) is 9.69 Å². The average molecular weight is 319 g/mol. The molecule has 0 saturated carbocycles. The largest absolute Gasteiger partial charge is 0.360 e. The number of aromatic nitrogens is 1. The van der Waals surface area contributed by atoms with Gasteiger partial charge < -0.3 is 9.42 Å². The van der Waals surface area contributed by atoms with Crippen LogP contribution in [0, 0.1) is 20.8 Å². The number of rotatable bonds is 3. The smallest absolute Gasteiger partial charge is 0.255 e. The lowest BCUT2D eigenvalue weighted by Crippen LogP contribution is -2.48. The standard InChI is InChI=1S/C16H21N3O2S/c1-11-8-14(21-17-11)10-18-4-6-19(7-5-18)16(20)15-9-12(2)22-13(15)3/h8-9H,4-7,10H2,1-3H3. The summed E-state index contributed by atoms with van der Waals surface area (Å²) in [4.78, 5) is 19.2. The molecule has 2 aromatic rings. The zero-order chi connectivity index (χ0) is 15.7. The molecule has 0 atom stereocenters. The van der Waals surface area contributed by atoms with E-state index in [1.54, 1.807) is 11.3 Å². The Balaban J connectivity index is 1.57. The van der Waals surface area contributed by atoms with Gasteiger partial charge in [-0.15, -0.1) is 11.3 Å². The number of amides is 1. The van der Waals surface area contributed by atoms with Gasteiger partial charge >= 0.3 is 0 Å². The van der Waals surface area contributed by atoms with Crippen LogP contribution < -0.4 is 0 Å². The molecule has 5 nitrogen and oxygen atoms in total. The molecule has 0 spiro atoms. The Morgan fingerprint density at radius 1 is 1.23 bits per heavy atom. The van der Waals surface area contributed by atoms with Crippen LogP contribution in [-0.2, 0) is 6.54 Å². The highest BCUT2D eigenvalue weighted by atomic mass is 32.1. The van der Waals surface area contributed by atoms with E-state index in [4.69, 9.17) is 4.52 Å². The van der Waals surface area contributed by atoms with Crippen LogP contribution in [0.2, 0.25) is 0 Å². The van der Waals surface area contributed by atoms with E-state index >= 15 is 0 Å². The molecule has 22 heavy (non-hydrogen) atoms. The van der Waals surface area contributed by atoms with Crippen LogP contribution in [0.15, 0.2) is 16.7 Å². The predicted molar refractivity (Wildman–Crippen MR) is 86.2 cm³/mol. The molecule has 0 bridgehead atoms. The molecule has 0 unspecified atom stereocenters. The Morgan fingerprint density at radius 3 is 2.50 bits per heavy atom. The normalized spacial score (nSPS) is 16.2. The molecular weight excluding hydrogens is 298 g/mol. The summed E-state index contributed by atoms with van der Waals surface area (Å²) in [5.41, 5.74) is 1.77. The number of carbonyl (C=O) groups excluding carboxylic acids is 1. The van der Waals surface area contributed by atoms with Crippen molar-refractivity contribution in [3.8, 4) is 0 Å². The fraction of sp³-hybridized carbons (Fsp3) is 0.500. The van der Waals surface area contributed by atoms with E-state index in [9.17, 15) is 4.79 Å². The second-order valence-electron chi connectivity index (χ2n) is 5.83. The first-order valence-electron chi connectivity index (χ1n) is 7.54. The number of aryl methyl sites for hydroxylation is 3. The van der Waals surface area contributed by atoms with Crippen molar-refractivity contribution in [3.05, 3.63) is 38.9 Å². The number of hydrogen-bond donors (Lipinski definition) is 0. The van der Waals surface area contributed by atoms with Crippen LogP contribution in [0.1, 0.15) is 31.6 Å². The fourth-order valence-electron chi connectivity index (χ4n) is 2.83. The second kappa shape index (κ2) is 6.22. The van der Waals surface area contributed by atoms with Crippen molar-refractivity contribution in [3.63, 3.8) is 0 Å². The molecule has 0 aromatic carbocycles. The lowest BCUT2D eigenvalue weighted by Gasteiger charge is -2.34. The maximum atomic E-state index is 12.6. The van der Waals surface area contributed by atoms with Crippen molar-refractivity contribution in [1.82, 2.24) is 15.0 Å². The number of carbonyl (C=O) groups is 1. The zero-order valence-electron chi connectivity index (χ0n) is 13.3. The number of piperazine rings is 1. The third-order valence-electron chi connectivity index (χ3n) is 3.99. The van der Waals surface area contributed by atoms with E-state index in [0.29, 0.717) is 0 Å². The summed E-state index contributed by atoms with van der Waals surface area (Å²) in [6.07, 6.45) is 0. The molecule has 2 aromatic heterocycles. The molecular formula is C16H21N3O2S. The quantitative estimate of drug-likeness (QED) is 0.872. The summed E-state index contributed by atoms with van der Waals surface area (Å²) in [6, 6.07) is 3.97. The zero-order valence-corrected chi connectivity index (χ0v) is 14.1. The Kier molecular flexibility index (Phi) is 4.31. The van der Waals surface area contributed by atoms with Crippen LogP contribution in [0.3, 0.4) is 0 Å². The van der Waals surface area contributed by atoms with E-state index in [2.05, 4.69) is 10.1 Å². The van der Waals surface area contributed by atoms with Gasteiger partial charge in [0.1, 0.15) is 0 Å². The summed E-state index contributed by atoms with van der Waals surface area (Å²) < 4.78 is 5.26. The van der Waals surface area contributed by atoms with Crippen LogP contribution >= 0.6 is 11.3 Å². The van der Waals surface area contributed by atoms with Gasteiger partial charge in [-0.05, 0) is 26.8 Å². The van der Waals surface area contributed by atoms with Gasteiger partial charge in [-0.2, -0.15) is 0 Å². The molecule has 0 aliphatic carbocycles. The molecule has 3 heterocycles. The van der Waals surface area contributed by atoms with Crippen molar-refractivity contribution in [1.29, 1.82) is 0 Å². The number of hydrogen-bond acceptors (Lipinski definition) is 5. The Labute approximate surface area is 134 Å². The van der Waals surface area contributed by atoms with Crippen LogP contribution in [-0.4, -0.2) is 47.0 Å². The second-order valence-corrected chi connectivity index (χ2v) is 7.29. The van der Waals surface area contributed by atoms with Crippen molar-refractivity contribution in [2.24, 2.45) is 0 Å². The molecule has 118 valence electrons. The highest BCUT2D eigenvalue weighted by Crippen LogP contribution is 2.22. The maximum Gasteiger partial charge on any atom is 0.255 e. The maximum absolute atomic E-state index is 12.6. The molecule has 1 aliphatic rings. The summed E-state index contributed by atoms with van der Waals surface area (Å²) >= 11 is 1.69. The van der Waals surface area contributed by atoms with Gasteiger partial charge in [-0.25, -0.2) is 0 Å². The first-order chi connectivity index (χ1) is 10.5. The Morgan fingerprint density at radius 2 is 1.95 bits per heavy atom. The van der Waals surface area contributed by atoms with Crippen LogP contribution in [0.25, 0.3) is 0 Å². The van der Waals surface area contributed by atoms with Gasteiger partial charge in [0.25, 0.3) is 5.91 Å². The summed E-state index contributed by atoms with van der Waals surface area (Å²) in [7, 11) is 0. The van der Waals surface area contributed by atoms with Crippen LogP contribution in [0.4, 0.5) is 0 Å². The van der Waals surface area contributed by atoms with Gasteiger partial charge in [-0.1, -0.05) is 5.16 Å². The third kappa shape index (κ3) is 3.23. The topological polar surface area (TPSA) is 49.6 Å². The Hall–Kier alpha value is -1.66. The lowest BCUT2D eigenvalue weighted by atomic mass is 10.2. The predicted octanol–water partition coefficient (Wildman–Crippen LogP) is 2.62. The molecule has 0 N–H and O–H groups in total.